The number of amides is 1. The van der Waals surface area contributed by atoms with Crippen LogP contribution in [-0.4, -0.2) is 47.1 Å². The number of halogens is 3. The maximum absolute atomic E-state index is 12.8. The second-order valence-electron chi connectivity index (χ2n) is 7.46. The van der Waals surface area contributed by atoms with E-state index in [9.17, 15) is 18.0 Å². The van der Waals surface area contributed by atoms with Gasteiger partial charge in [-0.25, -0.2) is 9.97 Å². The first-order chi connectivity index (χ1) is 15.8. The fourth-order valence-corrected chi connectivity index (χ4v) is 3.63. The Morgan fingerprint density at radius 3 is 2.64 bits per heavy atom. The topological polar surface area (TPSA) is 76.6 Å². The smallest absolute Gasteiger partial charge is 0.416 e. The van der Waals surface area contributed by atoms with Crippen molar-refractivity contribution in [2.45, 2.75) is 18.7 Å². The third kappa shape index (κ3) is 4.84. The molecule has 1 fully saturated rings. The van der Waals surface area contributed by atoms with Crippen LogP contribution in [0.4, 0.5) is 24.7 Å². The minimum absolute atomic E-state index is 0.150. The van der Waals surface area contributed by atoms with Crippen LogP contribution in [0.25, 0.3) is 10.9 Å². The van der Waals surface area contributed by atoms with Gasteiger partial charge >= 0.3 is 6.18 Å². The maximum atomic E-state index is 12.8. The minimum Gasteiger partial charge on any atom is -0.493 e. The van der Waals surface area contributed by atoms with Crippen LogP contribution in [0.2, 0.25) is 0 Å². The quantitative estimate of drug-likeness (QED) is 0.546. The van der Waals surface area contributed by atoms with Gasteiger partial charge in [0.25, 0.3) is 0 Å². The summed E-state index contributed by atoms with van der Waals surface area (Å²) in [6, 6.07) is 8.09. The molecule has 33 heavy (non-hydrogen) atoms. The molecule has 1 aliphatic rings. The van der Waals surface area contributed by atoms with E-state index in [4.69, 9.17) is 9.47 Å². The van der Waals surface area contributed by atoms with Crippen LogP contribution < -0.4 is 14.8 Å². The lowest BCUT2D eigenvalue weighted by Crippen LogP contribution is -2.29. The highest BCUT2D eigenvalue weighted by molar-refractivity contribution is 5.93. The zero-order valence-electron chi connectivity index (χ0n) is 17.7. The molecule has 0 bridgehead atoms. The summed E-state index contributed by atoms with van der Waals surface area (Å²) in [5, 5.41) is 3.64. The molecule has 2 heterocycles. The molecule has 0 spiro atoms. The molecule has 4 rings (SSSR count). The first-order valence-electron chi connectivity index (χ1n) is 10.1. The van der Waals surface area contributed by atoms with E-state index in [1.807, 2.05) is 0 Å². The van der Waals surface area contributed by atoms with Gasteiger partial charge in [0.1, 0.15) is 18.2 Å². The summed E-state index contributed by atoms with van der Waals surface area (Å²) in [6.45, 7) is 4.50. The molecule has 3 aromatic rings. The van der Waals surface area contributed by atoms with Crippen LogP contribution in [0.1, 0.15) is 12.0 Å². The average molecular weight is 458 g/mol. The normalized spacial score (nSPS) is 16.0. The number of nitrogens with one attached hydrogen (secondary N) is 1. The largest absolute Gasteiger partial charge is 0.493 e. The van der Waals surface area contributed by atoms with Crippen molar-refractivity contribution < 1.29 is 27.4 Å². The van der Waals surface area contributed by atoms with Gasteiger partial charge in [0, 0.05) is 30.1 Å². The van der Waals surface area contributed by atoms with E-state index in [1.54, 1.807) is 17.0 Å². The Morgan fingerprint density at radius 2 is 1.97 bits per heavy atom. The number of benzene rings is 2. The summed E-state index contributed by atoms with van der Waals surface area (Å²) >= 11 is 0. The van der Waals surface area contributed by atoms with Crippen molar-refractivity contribution in [2.75, 3.05) is 25.5 Å². The monoisotopic (exact) mass is 458 g/mol. The maximum Gasteiger partial charge on any atom is 0.416 e. The Labute approximate surface area is 187 Å². The standard InChI is InChI=1S/C23H21F3N4O3/c1-3-21(31)30-9-8-16(12-30)33-20-10-17-18(11-19(20)32-2)27-13-28-22(17)29-15-6-4-14(5-7-15)23(24,25)26/h3-7,10-11,13,16H,1,8-9,12H2,2H3,(H,27,28,29). The molecule has 0 aliphatic carbocycles. The molecule has 1 unspecified atom stereocenters. The number of anilines is 2. The Morgan fingerprint density at radius 1 is 1.21 bits per heavy atom. The molecule has 1 saturated heterocycles. The van der Waals surface area contributed by atoms with E-state index >= 15 is 0 Å². The van der Waals surface area contributed by atoms with Crippen molar-refractivity contribution in [3.63, 3.8) is 0 Å². The summed E-state index contributed by atoms with van der Waals surface area (Å²) in [4.78, 5) is 22.0. The molecule has 172 valence electrons. The van der Waals surface area contributed by atoms with Gasteiger partial charge in [-0.15, -0.1) is 0 Å². The SMILES string of the molecule is C=CC(=O)N1CCC(Oc2cc3c(Nc4ccc(C(F)(F)F)cc4)ncnc3cc2OC)C1. The van der Waals surface area contributed by atoms with Gasteiger partial charge in [-0.3, -0.25) is 4.79 Å². The number of methoxy groups -OCH3 is 1. The van der Waals surface area contributed by atoms with Gasteiger partial charge in [0.15, 0.2) is 11.5 Å². The first-order valence-corrected chi connectivity index (χ1v) is 10.1. The van der Waals surface area contributed by atoms with Crippen molar-refractivity contribution in [3.05, 3.63) is 60.9 Å². The van der Waals surface area contributed by atoms with Gasteiger partial charge in [-0.2, -0.15) is 13.2 Å². The zero-order chi connectivity index (χ0) is 23.6. The van der Waals surface area contributed by atoms with Gasteiger partial charge in [0.05, 0.1) is 24.7 Å². The molecule has 1 amide bonds. The number of hydrogen-bond donors (Lipinski definition) is 1. The van der Waals surface area contributed by atoms with E-state index in [2.05, 4.69) is 21.9 Å². The number of rotatable bonds is 6. The van der Waals surface area contributed by atoms with E-state index in [0.717, 1.165) is 12.1 Å². The van der Waals surface area contributed by atoms with Gasteiger partial charge < -0.3 is 19.7 Å². The summed E-state index contributed by atoms with van der Waals surface area (Å²) in [5.74, 6) is 1.17. The van der Waals surface area contributed by atoms with Crippen LogP contribution in [0, 0.1) is 0 Å². The summed E-state index contributed by atoms with van der Waals surface area (Å²) < 4.78 is 50.1. The number of carbonyl (C=O) groups excluding carboxylic acids is 1. The minimum atomic E-state index is -4.41. The molecule has 7 nitrogen and oxygen atoms in total. The number of alkyl halides is 3. The van der Waals surface area contributed by atoms with Crippen molar-refractivity contribution in [1.82, 2.24) is 14.9 Å². The van der Waals surface area contributed by atoms with E-state index in [0.29, 0.717) is 53.4 Å². The van der Waals surface area contributed by atoms with Crippen LogP contribution in [0.5, 0.6) is 11.5 Å². The molecular formula is C23H21F3N4O3. The summed E-state index contributed by atoms with van der Waals surface area (Å²) in [6.07, 6.45) is -1.35. The van der Waals surface area contributed by atoms with Gasteiger partial charge in [0.2, 0.25) is 5.91 Å². The van der Waals surface area contributed by atoms with Crippen LogP contribution >= 0.6 is 0 Å². The number of hydrogen-bond acceptors (Lipinski definition) is 6. The van der Waals surface area contributed by atoms with Crippen molar-refractivity contribution in [1.29, 1.82) is 0 Å². The third-order valence-corrected chi connectivity index (χ3v) is 5.32. The average Bonchev–Trinajstić information content (AvgIpc) is 3.27. The third-order valence-electron chi connectivity index (χ3n) is 5.32. The lowest BCUT2D eigenvalue weighted by Gasteiger charge is -2.18. The number of fused-ring (bicyclic) bond motifs is 1. The molecular weight excluding hydrogens is 437 g/mol. The summed E-state index contributed by atoms with van der Waals surface area (Å²) in [7, 11) is 1.51. The molecule has 0 saturated carbocycles. The molecule has 1 atom stereocenters. The highest BCUT2D eigenvalue weighted by atomic mass is 19.4. The highest BCUT2D eigenvalue weighted by Gasteiger charge is 2.30. The Kier molecular flexibility index (Phi) is 6.08. The van der Waals surface area contributed by atoms with Crippen molar-refractivity contribution in [2.24, 2.45) is 0 Å². The molecule has 1 aromatic heterocycles. The number of nitrogens with zero attached hydrogens (tertiary/aromatic N) is 3. The molecule has 10 heteroatoms. The fraction of sp³-hybridized carbons (Fsp3) is 0.261. The first kappa shape index (κ1) is 22.4. The Bertz CT molecular complexity index is 1180. The van der Waals surface area contributed by atoms with Gasteiger partial charge in [-0.1, -0.05) is 6.58 Å². The number of ether oxygens (including phenoxy) is 2. The number of carbonyl (C=O) groups is 1. The van der Waals surface area contributed by atoms with Crippen LogP contribution in [0.3, 0.4) is 0 Å². The Balaban J connectivity index is 1.61. The lowest BCUT2D eigenvalue weighted by atomic mass is 10.1. The van der Waals surface area contributed by atoms with Crippen molar-refractivity contribution >= 4 is 28.3 Å². The van der Waals surface area contributed by atoms with E-state index in [1.165, 1.54) is 31.6 Å². The predicted molar refractivity (Wildman–Crippen MR) is 117 cm³/mol. The van der Waals surface area contributed by atoms with E-state index in [-0.39, 0.29) is 12.0 Å². The summed E-state index contributed by atoms with van der Waals surface area (Å²) in [5.41, 5.74) is 0.274. The fourth-order valence-electron chi connectivity index (χ4n) is 3.63. The molecule has 1 N–H and O–H groups in total. The van der Waals surface area contributed by atoms with Gasteiger partial charge in [-0.05, 0) is 36.4 Å². The lowest BCUT2D eigenvalue weighted by molar-refractivity contribution is -0.137. The number of likely N-dealkylation sites (tertiary alicyclic amines) is 1. The van der Waals surface area contributed by atoms with E-state index < -0.39 is 11.7 Å². The zero-order valence-corrected chi connectivity index (χ0v) is 17.7. The highest BCUT2D eigenvalue weighted by Crippen LogP contribution is 2.36. The second kappa shape index (κ2) is 8.97. The van der Waals surface area contributed by atoms with Crippen LogP contribution in [0.15, 0.2) is 55.4 Å². The second-order valence-corrected chi connectivity index (χ2v) is 7.46. The predicted octanol–water partition coefficient (Wildman–Crippen LogP) is 4.57. The molecule has 0 radical (unpaired) electrons. The van der Waals surface area contributed by atoms with Crippen molar-refractivity contribution in [3.8, 4) is 11.5 Å². The van der Waals surface area contributed by atoms with Crippen LogP contribution in [-0.2, 0) is 11.0 Å². The Hall–Kier alpha value is -3.82. The molecule has 2 aromatic carbocycles. The number of aromatic nitrogens is 2. The molecule has 1 aliphatic heterocycles.